The van der Waals surface area contributed by atoms with Gasteiger partial charge in [0.15, 0.2) is 0 Å². The third kappa shape index (κ3) is 7.16. The number of benzene rings is 5. The lowest BCUT2D eigenvalue weighted by molar-refractivity contribution is 0.0945. The van der Waals surface area contributed by atoms with Crippen LogP contribution in [0.1, 0.15) is 31.8 Å². The van der Waals surface area contributed by atoms with Crippen molar-refractivity contribution in [2.24, 2.45) is 0 Å². The van der Waals surface area contributed by atoms with Crippen LogP contribution in [-0.4, -0.2) is 21.8 Å². The Balaban J connectivity index is 1.08. The zero-order chi connectivity index (χ0) is 34.8. The maximum absolute atomic E-state index is 13.6. The average Bonchev–Trinajstić information content (AvgIpc) is 3.14. The van der Waals surface area contributed by atoms with Gasteiger partial charge in [0.25, 0.3) is 11.8 Å². The molecular weight excluding hydrogens is 710 g/mol. The molecule has 2 amide bonds. The van der Waals surface area contributed by atoms with Crippen LogP contribution in [0.3, 0.4) is 0 Å². The molecule has 50 heavy (non-hydrogen) atoms. The molecule has 2 N–H and O–H groups in total. The molecule has 0 saturated heterocycles. The number of carbonyl (C=O) groups excluding carboxylic acids is 2. The van der Waals surface area contributed by atoms with E-state index in [9.17, 15) is 9.59 Å². The van der Waals surface area contributed by atoms with E-state index in [1.54, 1.807) is 36.4 Å². The highest BCUT2D eigenvalue weighted by Gasteiger charge is 2.17. The van der Waals surface area contributed by atoms with Gasteiger partial charge in [0.05, 0.1) is 53.6 Å². The normalized spacial score (nSPS) is 11.1. The maximum Gasteiger partial charge on any atom is 0.252 e. The summed E-state index contributed by atoms with van der Waals surface area (Å²) in [4.78, 5) is 36.7. The first kappa shape index (κ1) is 33.5. The summed E-state index contributed by atoms with van der Waals surface area (Å²) in [6.07, 6.45) is 0. The molecule has 0 bridgehead atoms. The number of hydrogen-bond acceptors (Lipinski definition) is 4. The lowest BCUT2D eigenvalue weighted by atomic mass is 10.0. The molecule has 0 radical (unpaired) electrons. The van der Waals surface area contributed by atoms with Crippen LogP contribution in [0.25, 0.3) is 44.3 Å². The van der Waals surface area contributed by atoms with Gasteiger partial charge >= 0.3 is 0 Å². The molecule has 2 aromatic heterocycles. The number of nitrogens with zero attached hydrogens (tertiary/aromatic N) is 2. The number of para-hydroxylation sites is 2. The van der Waals surface area contributed by atoms with E-state index in [4.69, 9.17) is 56.4 Å². The van der Waals surface area contributed by atoms with Crippen LogP contribution in [0.4, 0.5) is 0 Å². The van der Waals surface area contributed by atoms with Gasteiger partial charge in [0.2, 0.25) is 0 Å². The van der Waals surface area contributed by atoms with Crippen LogP contribution in [0.15, 0.2) is 121 Å². The van der Waals surface area contributed by atoms with Gasteiger partial charge in [0.1, 0.15) is 0 Å². The van der Waals surface area contributed by atoms with Crippen LogP contribution in [0.2, 0.25) is 20.1 Å². The van der Waals surface area contributed by atoms with Crippen molar-refractivity contribution >= 4 is 80.0 Å². The number of fused-ring (bicyclic) bond motifs is 2. The Hall–Kier alpha value is -4.98. The fourth-order valence-corrected chi connectivity index (χ4v) is 6.33. The molecule has 0 atom stereocenters. The number of aromatic nitrogens is 2. The fourth-order valence-electron chi connectivity index (χ4n) is 5.74. The second-order valence-corrected chi connectivity index (χ2v) is 13.2. The van der Waals surface area contributed by atoms with Crippen LogP contribution in [0.5, 0.6) is 0 Å². The monoisotopic (exact) mass is 734 g/mol. The highest BCUT2D eigenvalue weighted by Crippen LogP contribution is 2.32. The SMILES string of the molecule is O=C(NCc1cccc(CNC(=O)c2cc(-c3ccc(Cl)c(Cl)c3)nc3ccccc23)c1)c1cc(-c2ccc(Cl)c(Cl)c2)nc2ccccc12. The van der Waals surface area contributed by atoms with Crippen LogP contribution in [0, 0.1) is 0 Å². The van der Waals surface area contributed by atoms with Crippen molar-refractivity contribution in [2.75, 3.05) is 0 Å². The zero-order valence-electron chi connectivity index (χ0n) is 26.2. The van der Waals surface area contributed by atoms with Crippen molar-refractivity contribution in [1.82, 2.24) is 20.6 Å². The first-order valence-corrected chi connectivity index (χ1v) is 17.1. The summed E-state index contributed by atoms with van der Waals surface area (Å²) in [7, 11) is 0. The summed E-state index contributed by atoms with van der Waals surface area (Å²) >= 11 is 24.8. The molecule has 246 valence electrons. The lowest BCUT2D eigenvalue weighted by Gasteiger charge is -2.13. The molecule has 0 aliphatic heterocycles. The minimum absolute atomic E-state index is 0.244. The Bertz CT molecular complexity index is 2280. The average molecular weight is 736 g/mol. The number of carbonyl (C=O) groups is 2. The van der Waals surface area contributed by atoms with E-state index >= 15 is 0 Å². The maximum atomic E-state index is 13.6. The summed E-state index contributed by atoms with van der Waals surface area (Å²) < 4.78 is 0. The molecule has 0 saturated carbocycles. The zero-order valence-corrected chi connectivity index (χ0v) is 29.2. The smallest absolute Gasteiger partial charge is 0.252 e. The third-order valence-corrected chi connectivity index (χ3v) is 9.73. The Morgan fingerprint density at radius 1 is 0.480 bits per heavy atom. The van der Waals surface area contributed by atoms with Crippen molar-refractivity contribution in [3.63, 3.8) is 0 Å². The number of halogens is 4. The predicted octanol–water partition coefficient (Wildman–Crippen LogP) is 10.6. The number of amides is 2. The second-order valence-electron chi connectivity index (χ2n) is 11.6. The fraction of sp³-hybridized carbons (Fsp3) is 0.0500. The van der Waals surface area contributed by atoms with E-state index in [0.717, 1.165) is 33.0 Å². The molecule has 0 unspecified atom stereocenters. The lowest BCUT2D eigenvalue weighted by Crippen LogP contribution is -2.24. The quantitative estimate of drug-likeness (QED) is 0.163. The molecule has 0 aliphatic carbocycles. The number of pyridine rings is 2. The Labute approximate surface area is 308 Å². The number of rotatable bonds is 8. The molecule has 7 rings (SSSR count). The van der Waals surface area contributed by atoms with E-state index in [2.05, 4.69) is 10.6 Å². The predicted molar refractivity (Wildman–Crippen MR) is 203 cm³/mol. The Morgan fingerprint density at radius 2 is 0.920 bits per heavy atom. The molecular formula is C40H26Cl4N4O2. The van der Waals surface area contributed by atoms with E-state index in [-0.39, 0.29) is 24.9 Å². The molecule has 7 aromatic rings. The third-order valence-electron chi connectivity index (χ3n) is 8.25. The Morgan fingerprint density at radius 3 is 1.36 bits per heavy atom. The molecule has 0 aliphatic rings. The van der Waals surface area contributed by atoms with Gasteiger partial charge < -0.3 is 10.6 Å². The largest absolute Gasteiger partial charge is 0.348 e. The first-order chi connectivity index (χ1) is 24.2. The van der Waals surface area contributed by atoms with Crippen molar-refractivity contribution < 1.29 is 9.59 Å². The van der Waals surface area contributed by atoms with Crippen molar-refractivity contribution in [3.8, 4) is 22.5 Å². The minimum Gasteiger partial charge on any atom is -0.348 e. The molecule has 0 spiro atoms. The highest BCUT2D eigenvalue weighted by atomic mass is 35.5. The second kappa shape index (κ2) is 14.5. The minimum atomic E-state index is -0.244. The van der Waals surface area contributed by atoms with Crippen molar-refractivity contribution in [1.29, 1.82) is 0 Å². The van der Waals surface area contributed by atoms with Gasteiger partial charge in [-0.3, -0.25) is 9.59 Å². The standard InChI is InChI=1S/C40H26Cl4N4O2/c41-31-14-12-25(17-33(31)43)37-19-29(27-8-1-3-10-35(27)47-37)39(49)45-21-23-6-5-7-24(16-23)22-46-40(50)30-20-38(26-13-15-32(42)34(44)18-26)48-36-11-4-2-9-28(30)36/h1-20H,21-22H2,(H,45,49)(H,46,50). The van der Waals surface area contributed by atoms with Gasteiger partial charge in [-0.1, -0.05) is 119 Å². The highest BCUT2D eigenvalue weighted by molar-refractivity contribution is 6.42. The summed E-state index contributed by atoms with van der Waals surface area (Å²) in [5.41, 5.74) is 6.82. The molecule has 6 nitrogen and oxygen atoms in total. The van der Waals surface area contributed by atoms with E-state index < -0.39 is 0 Å². The summed E-state index contributed by atoms with van der Waals surface area (Å²) in [6.45, 7) is 0.558. The summed E-state index contributed by atoms with van der Waals surface area (Å²) in [5, 5.41) is 9.25. The number of hydrogen-bond donors (Lipinski definition) is 2. The Kier molecular flexibility index (Phi) is 9.70. The first-order valence-electron chi connectivity index (χ1n) is 15.6. The molecule has 10 heteroatoms. The molecule has 2 heterocycles. The van der Waals surface area contributed by atoms with Gasteiger partial charge in [-0.15, -0.1) is 0 Å². The number of nitrogens with one attached hydrogen (secondary N) is 2. The summed E-state index contributed by atoms with van der Waals surface area (Å²) in [6, 6.07) is 36.8. The van der Waals surface area contributed by atoms with Crippen LogP contribution < -0.4 is 10.6 Å². The van der Waals surface area contributed by atoms with Gasteiger partial charge in [-0.2, -0.15) is 0 Å². The van der Waals surface area contributed by atoms with E-state index in [0.29, 0.717) is 53.6 Å². The van der Waals surface area contributed by atoms with Crippen molar-refractivity contribution in [3.05, 3.63) is 164 Å². The summed E-state index contributed by atoms with van der Waals surface area (Å²) in [5.74, 6) is -0.489. The van der Waals surface area contributed by atoms with Gasteiger partial charge in [0, 0.05) is 35.0 Å². The van der Waals surface area contributed by atoms with Crippen molar-refractivity contribution in [2.45, 2.75) is 13.1 Å². The molecule has 5 aromatic carbocycles. The van der Waals surface area contributed by atoms with E-state index in [1.807, 2.05) is 84.9 Å². The molecule has 0 fully saturated rings. The van der Waals surface area contributed by atoms with Gasteiger partial charge in [-0.05, 0) is 59.7 Å². The van der Waals surface area contributed by atoms with Gasteiger partial charge in [-0.25, -0.2) is 9.97 Å². The topological polar surface area (TPSA) is 84.0 Å². The van der Waals surface area contributed by atoms with E-state index in [1.165, 1.54) is 0 Å². The van der Waals surface area contributed by atoms with Crippen LogP contribution in [-0.2, 0) is 13.1 Å². The van der Waals surface area contributed by atoms with Crippen LogP contribution >= 0.6 is 46.4 Å².